The second kappa shape index (κ2) is 30.2. The first kappa shape index (κ1) is 69.3. The van der Waals surface area contributed by atoms with Crippen LogP contribution in [-0.4, -0.2) is 119 Å². The molecule has 0 saturated carbocycles. The van der Waals surface area contributed by atoms with Crippen molar-refractivity contribution in [3.05, 3.63) is 202 Å². The molecule has 8 aliphatic rings. The summed E-state index contributed by atoms with van der Waals surface area (Å²) in [7, 11) is 5.42. The summed E-state index contributed by atoms with van der Waals surface area (Å²) in [6.45, 7) is 14.3. The summed E-state index contributed by atoms with van der Waals surface area (Å²) >= 11 is 24.6. The van der Waals surface area contributed by atoms with Crippen LogP contribution < -0.4 is 0 Å². The maximum Gasteiger partial charge on any atom is 0.227 e. The Bertz CT molecular complexity index is 2810. The first-order valence-electron chi connectivity index (χ1n) is 27.1. The van der Waals surface area contributed by atoms with Gasteiger partial charge in [0, 0.05) is 50.0 Å². The Kier molecular flexibility index (Phi) is 24.3. The zero-order chi connectivity index (χ0) is 63.9. The number of methoxy groups -OCH3 is 4. The van der Waals surface area contributed by atoms with Gasteiger partial charge in [-0.25, -0.2) is 0 Å². The molecule has 0 spiro atoms. The molecule has 11 rings (SSSR count). The Balaban J connectivity index is 0.000000190. The lowest BCUT2D eigenvalue weighted by atomic mass is 9.87. The lowest BCUT2D eigenvalue weighted by Crippen LogP contribution is -2.43. The number of halogens is 4. The Morgan fingerprint density at radius 2 is 0.442 bits per heavy atom. The van der Waals surface area contributed by atoms with Crippen LogP contribution >= 0.6 is 46.4 Å². The first-order valence-corrected chi connectivity index (χ1v) is 28.8. The molecule has 0 unspecified atom stereocenters. The topological polar surface area (TPSA) is 210 Å². The number of rotatable bonds is 4. The van der Waals surface area contributed by atoms with E-state index in [4.69, 9.17) is 84.3 Å². The fourth-order valence-corrected chi connectivity index (χ4v) is 9.36. The second-order valence-electron chi connectivity index (χ2n) is 21.8. The van der Waals surface area contributed by atoms with Crippen LogP contribution in [0.2, 0.25) is 0 Å². The van der Waals surface area contributed by atoms with Gasteiger partial charge in [0.1, 0.15) is 22.4 Å². The number of alkyl halides is 4. The smallest absolute Gasteiger partial charge is 0.227 e. The third-order valence-corrected chi connectivity index (χ3v) is 16.6. The van der Waals surface area contributed by atoms with Crippen molar-refractivity contribution >= 4 is 92.7 Å². The Morgan fingerprint density at radius 1 is 0.302 bits per heavy atom. The summed E-state index contributed by atoms with van der Waals surface area (Å²) < 4.78 is 41.6. The van der Waals surface area contributed by atoms with Gasteiger partial charge in [-0.05, 0) is 55.4 Å². The Hall–Kier alpha value is -7.50. The molecule has 0 amide bonds. The average Bonchev–Trinajstić information content (AvgIpc) is 1.33. The van der Waals surface area contributed by atoms with Crippen LogP contribution in [0.25, 0.3) is 0 Å². The van der Waals surface area contributed by atoms with Gasteiger partial charge < -0.3 is 37.9 Å². The SMILES string of the molecule is COC1=CC(=O)C2=C(C[C@@H](Cl)C(C)(C)O2)C1=O.COC1=CC(=O)C2=C(C[C@@H](Cl)C(C)(C)O2)C1=O.COC1=CC(=O)C2=C(C[C@H](Cl)C(C)(C)O2)C1=O.COC1=CC(=O)C2=C(C[C@H](Cl)C(C)(C)O2)C1=O.c1ccccc1.c1ccccc1.c1ccccc1. The minimum Gasteiger partial charge on any atom is -0.493 e. The normalized spacial score (nSPS) is 23.3. The fourth-order valence-electron chi connectivity index (χ4n) is 8.56. The highest BCUT2D eigenvalue weighted by Crippen LogP contribution is 2.42. The Labute approximate surface area is 521 Å². The van der Waals surface area contributed by atoms with Crippen LogP contribution in [0.15, 0.2) is 202 Å². The molecule has 0 saturated heterocycles. The van der Waals surface area contributed by atoms with Crippen molar-refractivity contribution < 1.29 is 76.3 Å². The molecule has 458 valence electrons. The lowest BCUT2D eigenvalue weighted by molar-refractivity contribution is -0.124. The number of hydrogen-bond acceptors (Lipinski definition) is 16. The number of carbonyl (C=O) groups excluding carboxylic acids is 8. The third kappa shape index (κ3) is 17.4. The number of ether oxygens (including phenoxy) is 8. The van der Waals surface area contributed by atoms with Gasteiger partial charge in [-0.3, -0.25) is 38.4 Å². The van der Waals surface area contributed by atoms with Gasteiger partial charge >= 0.3 is 0 Å². The molecule has 0 N–H and O–H groups in total. The predicted molar refractivity (Wildman–Crippen MR) is 326 cm³/mol. The summed E-state index contributed by atoms with van der Waals surface area (Å²) in [5.41, 5.74) is -1.38. The summed E-state index contributed by atoms with van der Waals surface area (Å²) in [5, 5.41) is -1.41. The number of allylic oxidation sites excluding steroid dienone is 8. The van der Waals surface area contributed by atoms with E-state index in [-0.39, 0.29) is 114 Å². The van der Waals surface area contributed by atoms with Crippen molar-refractivity contribution in [1.29, 1.82) is 0 Å². The van der Waals surface area contributed by atoms with Crippen molar-refractivity contribution in [2.75, 3.05) is 28.4 Å². The molecule has 4 aliphatic heterocycles. The van der Waals surface area contributed by atoms with Crippen LogP contribution in [0.4, 0.5) is 0 Å². The zero-order valence-corrected chi connectivity index (χ0v) is 52.9. The van der Waals surface area contributed by atoms with Crippen molar-refractivity contribution in [3.8, 4) is 0 Å². The Morgan fingerprint density at radius 3 is 0.570 bits per heavy atom. The van der Waals surface area contributed by atoms with Crippen LogP contribution in [0, 0.1) is 0 Å². The standard InChI is InChI=1S/4C12H13ClO4.3C6H6/c4*1-12(2)9(13)4-6-10(15)8(16-3)5-7(14)11(6)17-12;3*1-2-4-6-5-3-1/h4*5,9H,4H2,1-3H3;3*1-6H/t4*9-;;;/m1100.../s1. The maximum atomic E-state index is 12.0. The molecule has 0 radical (unpaired) electrons. The summed E-state index contributed by atoms with van der Waals surface area (Å²) in [5.74, 6) is -2.02. The quantitative estimate of drug-likeness (QED) is 0.176. The average molecular weight is 1260 g/mol. The number of Topliss-reactive ketones (excluding diaryl/α,β-unsaturated/α-hetero) is 4. The lowest BCUT2D eigenvalue weighted by Gasteiger charge is -2.38. The summed E-state index contributed by atoms with van der Waals surface area (Å²) in [4.78, 5) is 95.0. The third-order valence-electron chi connectivity index (χ3n) is 13.9. The molecular formula is C66H70Cl4O16. The number of hydrogen-bond donors (Lipinski definition) is 0. The molecule has 3 aromatic rings. The largest absolute Gasteiger partial charge is 0.493 e. The van der Waals surface area contributed by atoms with Gasteiger partial charge in [0.25, 0.3) is 0 Å². The van der Waals surface area contributed by atoms with E-state index >= 15 is 0 Å². The monoisotopic (exact) mass is 1260 g/mol. The second-order valence-corrected chi connectivity index (χ2v) is 23.9. The van der Waals surface area contributed by atoms with Gasteiger partial charge in [0.2, 0.25) is 46.3 Å². The zero-order valence-electron chi connectivity index (χ0n) is 49.9. The molecule has 4 atom stereocenters. The molecule has 0 aromatic heterocycles. The molecule has 16 nitrogen and oxygen atoms in total. The van der Waals surface area contributed by atoms with E-state index in [9.17, 15) is 38.4 Å². The van der Waals surface area contributed by atoms with Crippen molar-refractivity contribution in [2.24, 2.45) is 0 Å². The summed E-state index contributed by atoms with van der Waals surface area (Å²) in [6.07, 6.45) is 5.89. The molecule has 0 fully saturated rings. The predicted octanol–water partition coefficient (Wildman–Crippen LogP) is 12.0. The molecule has 4 heterocycles. The van der Waals surface area contributed by atoms with Crippen molar-refractivity contribution in [2.45, 2.75) is 125 Å². The maximum absolute atomic E-state index is 12.0. The minimum atomic E-state index is -0.658. The van der Waals surface area contributed by atoms with E-state index in [0.717, 1.165) is 24.3 Å². The van der Waals surface area contributed by atoms with Crippen molar-refractivity contribution in [3.63, 3.8) is 0 Å². The van der Waals surface area contributed by atoms with Gasteiger partial charge in [-0.15, -0.1) is 46.4 Å². The molecule has 20 heteroatoms. The van der Waals surface area contributed by atoms with E-state index in [0.29, 0.717) is 48.0 Å². The number of carbonyl (C=O) groups is 8. The van der Waals surface area contributed by atoms with E-state index < -0.39 is 22.4 Å². The molecule has 86 heavy (non-hydrogen) atoms. The highest BCUT2D eigenvalue weighted by atomic mass is 35.5. The van der Waals surface area contributed by atoms with Gasteiger partial charge in [-0.1, -0.05) is 109 Å². The first-order chi connectivity index (χ1) is 40.5. The highest BCUT2D eigenvalue weighted by Gasteiger charge is 2.47. The fraction of sp³-hybridized carbons (Fsp3) is 0.364. The summed E-state index contributed by atoms with van der Waals surface area (Å²) in [6, 6.07) is 36.0. The van der Waals surface area contributed by atoms with Gasteiger partial charge in [0.15, 0.2) is 46.1 Å². The van der Waals surface area contributed by atoms with Crippen molar-refractivity contribution in [1.82, 2.24) is 0 Å². The number of ketones is 8. The molecular weight excluding hydrogens is 1190 g/mol. The molecule has 3 aromatic carbocycles. The van der Waals surface area contributed by atoms with E-state index in [2.05, 4.69) is 0 Å². The minimum absolute atomic E-state index is 0.0425. The molecule has 4 aliphatic carbocycles. The molecule has 0 bridgehead atoms. The van der Waals surface area contributed by atoms with E-state index in [1.807, 2.05) is 109 Å². The van der Waals surface area contributed by atoms with Gasteiger partial charge in [0.05, 0.1) is 72.2 Å². The van der Waals surface area contributed by atoms with Crippen LogP contribution in [0.3, 0.4) is 0 Å². The van der Waals surface area contributed by atoms with Crippen LogP contribution in [-0.2, 0) is 76.3 Å². The van der Waals surface area contributed by atoms with E-state index in [1.165, 1.54) is 28.4 Å². The van der Waals surface area contributed by atoms with E-state index in [1.54, 1.807) is 55.4 Å². The highest BCUT2D eigenvalue weighted by molar-refractivity contribution is 6.28. The number of benzene rings is 3. The van der Waals surface area contributed by atoms with Gasteiger partial charge in [-0.2, -0.15) is 0 Å². The van der Waals surface area contributed by atoms with Crippen LogP contribution in [0.1, 0.15) is 81.1 Å². The van der Waals surface area contributed by atoms with Crippen LogP contribution in [0.5, 0.6) is 0 Å².